The Balaban J connectivity index is 5.02. The van der Waals surface area contributed by atoms with Crippen molar-refractivity contribution in [3.63, 3.8) is 0 Å². The fourth-order valence-corrected chi connectivity index (χ4v) is 1.41. The molecule has 3 nitrogen and oxygen atoms in total. The molecule has 0 bridgehead atoms. The SMILES string of the molecule is CCC(C)(CN)C(=O)N(CC(F)(F)F)C(C)C. The number of alkyl halides is 3. The number of hydrogen-bond donors (Lipinski definition) is 1. The van der Waals surface area contributed by atoms with Crippen LogP contribution in [-0.2, 0) is 4.79 Å². The Bertz CT molecular complexity index is 260. The number of carbonyl (C=O) groups is 1. The molecule has 0 aliphatic rings. The maximum absolute atomic E-state index is 12.4. The van der Waals surface area contributed by atoms with E-state index in [9.17, 15) is 18.0 Å². The average molecular weight is 254 g/mol. The van der Waals surface area contributed by atoms with Crippen molar-refractivity contribution in [1.82, 2.24) is 4.90 Å². The molecule has 0 fully saturated rings. The Kier molecular flexibility index (Phi) is 5.45. The van der Waals surface area contributed by atoms with Crippen LogP contribution in [0.5, 0.6) is 0 Å². The van der Waals surface area contributed by atoms with Crippen molar-refractivity contribution in [2.24, 2.45) is 11.1 Å². The zero-order valence-electron chi connectivity index (χ0n) is 10.8. The van der Waals surface area contributed by atoms with Crippen LogP contribution >= 0.6 is 0 Å². The summed E-state index contributed by atoms with van der Waals surface area (Å²) in [5, 5.41) is 0. The Morgan fingerprint density at radius 2 is 1.82 bits per heavy atom. The monoisotopic (exact) mass is 254 g/mol. The van der Waals surface area contributed by atoms with Crippen LogP contribution in [0.1, 0.15) is 34.1 Å². The summed E-state index contributed by atoms with van der Waals surface area (Å²) < 4.78 is 37.2. The van der Waals surface area contributed by atoms with Crippen molar-refractivity contribution in [2.75, 3.05) is 13.1 Å². The highest BCUT2D eigenvalue weighted by atomic mass is 19.4. The lowest BCUT2D eigenvalue weighted by Crippen LogP contribution is -2.51. The molecule has 0 saturated carbocycles. The smallest absolute Gasteiger partial charge is 0.331 e. The number of nitrogens with two attached hydrogens (primary N) is 1. The van der Waals surface area contributed by atoms with E-state index in [2.05, 4.69) is 0 Å². The molecular weight excluding hydrogens is 233 g/mol. The van der Waals surface area contributed by atoms with Crippen LogP contribution in [0.3, 0.4) is 0 Å². The molecule has 0 rings (SSSR count). The van der Waals surface area contributed by atoms with Crippen LogP contribution in [0.2, 0.25) is 0 Å². The van der Waals surface area contributed by atoms with Crippen LogP contribution in [-0.4, -0.2) is 36.1 Å². The highest BCUT2D eigenvalue weighted by Crippen LogP contribution is 2.26. The first-order valence-electron chi connectivity index (χ1n) is 5.65. The van der Waals surface area contributed by atoms with Crippen LogP contribution < -0.4 is 5.73 Å². The fourth-order valence-electron chi connectivity index (χ4n) is 1.41. The minimum absolute atomic E-state index is 0.0451. The van der Waals surface area contributed by atoms with Gasteiger partial charge in [0.05, 0.1) is 5.41 Å². The molecular formula is C11H21F3N2O. The van der Waals surface area contributed by atoms with Gasteiger partial charge in [-0.3, -0.25) is 4.79 Å². The third-order valence-corrected chi connectivity index (χ3v) is 2.98. The molecule has 0 radical (unpaired) electrons. The molecule has 0 aromatic carbocycles. The summed E-state index contributed by atoms with van der Waals surface area (Å²) in [6, 6.07) is -0.499. The topological polar surface area (TPSA) is 46.3 Å². The summed E-state index contributed by atoms with van der Waals surface area (Å²) >= 11 is 0. The number of amides is 1. The van der Waals surface area contributed by atoms with E-state index >= 15 is 0 Å². The van der Waals surface area contributed by atoms with Gasteiger partial charge in [0.25, 0.3) is 0 Å². The van der Waals surface area contributed by atoms with E-state index in [0.717, 1.165) is 4.90 Å². The highest BCUT2D eigenvalue weighted by Gasteiger charge is 2.40. The van der Waals surface area contributed by atoms with Gasteiger partial charge in [-0.1, -0.05) is 6.92 Å². The molecule has 17 heavy (non-hydrogen) atoms. The van der Waals surface area contributed by atoms with Gasteiger partial charge in [0.1, 0.15) is 6.54 Å². The van der Waals surface area contributed by atoms with Crippen LogP contribution in [0.15, 0.2) is 0 Å². The predicted molar refractivity (Wildman–Crippen MR) is 60.4 cm³/mol. The van der Waals surface area contributed by atoms with E-state index in [-0.39, 0.29) is 6.54 Å². The predicted octanol–water partition coefficient (Wildman–Crippen LogP) is 2.16. The summed E-state index contributed by atoms with van der Waals surface area (Å²) in [7, 11) is 0. The standard InChI is InChI=1S/C11H21F3N2O/c1-5-10(4,6-15)9(17)16(8(2)3)7-11(12,13)14/h8H,5-7,15H2,1-4H3. The molecule has 1 amide bonds. The van der Waals surface area contributed by atoms with Crippen molar-refractivity contribution in [3.05, 3.63) is 0 Å². The quantitative estimate of drug-likeness (QED) is 0.817. The Hall–Kier alpha value is -0.780. The van der Waals surface area contributed by atoms with E-state index in [4.69, 9.17) is 5.73 Å². The van der Waals surface area contributed by atoms with Crippen LogP contribution in [0.25, 0.3) is 0 Å². The number of hydrogen-bond acceptors (Lipinski definition) is 2. The van der Waals surface area contributed by atoms with E-state index in [0.29, 0.717) is 6.42 Å². The third kappa shape index (κ3) is 4.53. The van der Waals surface area contributed by atoms with Gasteiger partial charge < -0.3 is 10.6 Å². The largest absolute Gasteiger partial charge is 0.406 e. The molecule has 102 valence electrons. The number of rotatable bonds is 5. The Morgan fingerprint density at radius 1 is 1.35 bits per heavy atom. The molecule has 0 aliphatic heterocycles. The Morgan fingerprint density at radius 3 is 2.06 bits per heavy atom. The maximum atomic E-state index is 12.4. The zero-order chi connectivity index (χ0) is 13.9. The van der Waals surface area contributed by atoms with Crippen molar-refractivity contribution in [3.8, 4) is 0 Å². The van der Waals surface area contributed by atoms with Gasteiger partial charge in [0.2, 0.25) is 5.91 Å². The number of nitrogens with zero attached hydrogens (tertiary/aromatic N) is 1. The first-order valence-corrected chi connectivity index (χ1v) is 5.65. The van der Waals surface area contributed by atoms with Crippen molar-refractivity contribution in [2.45, 2.75) is 46.3 Å². The lowest BCUT2D eigenvalue weighted by Gasteiger charge is -2.36. The molecule has 1 atom stereocenters. The molecule has 0 aromatic heterocycles. The molecule has 1 unspecified atom stereocenters. The van der Waals surface area contributed by atoms with Gasteiger partial charge in [-0.25, -0.2) is 0 Å². The lowest BCUT2D eigenvalue weighted by molar-refractivity contribution is -0.170. The first kappa shape index (κ1) is 16.2. The summed E-state index contributed by atoms with van der Waals surface area (Å²) in [6.45, 7) is 5.30. The molecule has 0 spiro atoms. The van der Waals surface area contributed by atoms with Crippen LogP contribution in [0, 0.1) is 5.41 Å². The van der Waals surface area contributed by atoms with Crippen molar-refractivity contribution >= 4 is 5.91 Å². The van der Waals surface area contributed by atoms with Gasteiger partial charge in [-0.2, -0.15) is 13.2 Å². The van der Waals surface area contributed by atoms with Gasteiger partial charge in [0.15, 0.2) is 0 Å². The fraction of sp³-hybridized carbons (Fsp3) is 0.909. The van der Waals surface area contributed by atoms with Gasteiger partial charge in [-0.15, -0.1) is 0 Å². The minimum Gasteiger partial charge on any atom is -0.331 e. The molecule has 0 aromatic rings. The highest BCUT2D eigenvalue weighted by molar-refractivity contribution is 5.82. The van der Waals surface area contributed by atoms with Gasteiger partial charge in [-0.05, 0) is 27.2 Å². The van der Waals surface area contributed by atoms with Gasteiger partial charge >= 0.3 is 6.18 Å². The zero-order valence-corrected chi connectivity index (χ0v) is 10.8. The molecule has 2 N–H and O–H groups in total. The van der Waals surface area contributed by atoms with E-state index < -0.39 is 30.1 Å². The lowest BCUT2D eigenvalue weighted by atomic mass is 9.85. The third-order valence-electron chi connectivity index (χ3n) is 2.98. The number of halogens is 3. The second-order valence-corrected chi connectivity index (χ2v) is 4.76. The summed E-state index contributed by atoms with van der Waals surface area (Å²) in [5.41, 5.74) is 4.57. The average Bonchev–Trinajstić information content (AvgIpc) is 2.22. The van der Waals surface area contributed by atoms with Crippen LogP contribution in [0.4, 0.5) is 13.2 Å². The van der Waals surface area contributed by atoms with Gasteiger partial charge in [0, 0.05) is 12.6 Å². The second-order valence-electron chi connectivity index (χ2n) is 4.76. The maximum Gasteiger partial charge on any atom is 0.406 e. The van der Waals surface area contributed by atoms with E-state index in [1.54, 1.807) is 27.7 Å². The van der Waals surface area contributed by atoms with E-state index in [1.165, 1.54) is 0 Å². The first-order chi connectivity index (χ1) is 7.57. The molecule has 0 heterocycles. The van der Waals surface area contributed by atoms with Crippen molar-refractivity contribution in [1.29, 1.82) is 0 Å². The minimum atomic E-state index is -4.39. The van der Waals surface area contributed by atoms with E-state index in [1.807, 2.05) is 0 Å². The normalized spacial score (nSPS) is 15.8. The summed E-state index contributed by atoms with van der Waals surface area (Å²) in [6.07, 6.45) is -3.97. The number of carbonyl (C=O) groups excluding carboxylic acids is 1. The second kappa shape index (κ2) is 5.71. The Labute approximate surface area is 100 Å². The molecule has 0 saturated heterocycles. The molecule has 6 heteroatoms. The summed E-state index contributed by atoms with van der Waals surface area (Å²) in [5.74, 6) is -0.533. The molecule has 0 aliphatic carbocycles. The van der Waals surface area contributed by atoms with Crippen molar-refractivity contribution < 1.29 is 18.0 Å². The summed E-state index contributed by atoms with van der Waals surface area (Å²) in [4.78, 5) is 12.9.